The first-order valence-electron chi connectivity index (χ1n) is 6.99. The summed E-state index contributed by atoms with van der Waals surface area (Å²) in [5, 5.41) is 11.9. The summed E-state index contributed by atoms with van der Waals surface area (Å²) in [6.45, 7) is -0.0419. The molecule has 0 fully saturated rings. The van der Waals surface area contributed by atoms with Crippen molar-refractivity contribution in [2.24, 2.45) is 0 Å². The molecule has 0 aliphatic rings. The number of aliphatic carboxylic acids is 1. The largest absolute Gasteiger partial charge is 0.480 e. The SMILES string of the molecule is O=C(O)CNC(CCc1ccccn1)Cc1ccccn1. The lowest BCUT2D eigenvalue weighted by molar-refractivity contribution is -0.136. The van der Waals surface area contributed by atoms with Crippen molar-refractivity contribution in [3.63, 3.8) is 0 Å². The fourth-order valence-corrected chi connectivity index (χ4v) is 2.15. The molecule has 2 aromatic rings. The van der Waals surface area contributed by atoms with Gasteiger partial charge in [0.1, 0.15) is 0 Å². The molecule has 0 amide bonds. The number of nitrogens with one attached hydrogen (secondary N) is 1. The van der Waals surface area contributed by atoms with Crippen LogP contribution in [0.5, 0.6) is 0 Å². The molecule has 0 aliphatic carbocycles. The normalized spacial score (nSPS) is 12.0. The maximum absolute atomic E-state index is 10.7. The van der Waals surface area contributed by atoms with Gasteiger partial charge in [0.25, 0.3) is 0 Å². The Bertz CT molecular complexity index is 546. The molecule has 1 unspecified atom stereocenters. The quantitative estimate of drug-likeness (QED) is 0.772. The summed E-state index contributed by atoms with van der Waals surface area (Å²) in [7, 11) is 0. The fourth-order valence-electron chi connectivity index (χ4n) is 2.15. The number of aromatic nitrogens is 2. The van der Waals surface area contributed by atoms with E-state index in [9.17, 15) is 4.79 Å². The lowest BCUT2D eigenvalue weighted by Crippen LogP contribution is -2.36. The molecule has 2 aromatic heterocycles. The van der Waals surface area contributed by atoms with Crippen molar-refractivity contribution in [1.82, 2.24) is 15.3 Å². The zero-order chi connectivity index (χ0) is 14.9. The van der Waals surface area contributed by atoms with E-state index in [1.165, 1.54) is 0 Å². The van der Waals surface area contributed by atoms with Crippen LogP contribution >= 0.6 is 0 Å². The summed E-state index contributed by atoms with van der Waals surface area (Å²) in [6.07, 6.45) is 5.86. The number of carbonyl (C=O) groups is 1. The molecule has 1 atom stereocenters. The van der Waals surface area contributed by atoms with E-state index in [-0.39, 0.29) is 12.6 Å². The van der Waals surface area contributed by atoms with Crippen LogP contribution in [0.4, 0.5) is 0 Å². The van der Waals surface area contributed by atoms with Gasteiger partial charge >= 0.3 is 5.97 Å². The van der Waals surface area contributed by atoms with Crippen LogP contribution in [-0.4, -0.2) is 33.6 Å². The average molecular weight is 285 g/mol. The van der Waals surface area contributed by atoms with Crippen LogP contribution in [0.1, 0.15) is 17.8 Å². The van der Waals surface area contributed by atoms with E-state index in [1.807, 2.05) is 36.4 Å². The summed E-state index contributed by atoms with van der Waals surface area (Å²) in [5.74, 6) is -0.848. The highest BCUT2D eigenvalue weighted by molar-refractivity contribution is 5.69. The smallest absolute Gasteiger partial charge is 0.317 e. The number of hydrogen-bond acceptors (Lipinski definition) is 4. The first-order valence-corrected chi connectivity index (χ1v) is 6.99. The molecule has 5 nitrogen and oxygen atoms in total. The van der Waals surface area contributed by atoms with E-state index in [0.29, 0.717) is 6.42 Å². The van der Waals surface area contributed by atoms with Crippen LogP contribution < -0.4 is 5.32 Å². The van der Waals surface area contributed by atoms with Crippen LogP contribution in [0, 0.1) is 0 Å². The minimum atomic E-state index is -0.848. The molecular weight excluding hydrogens is 266 g/mol. The van der Waals surface area contributed by atoms with E-state index in [2.05, 4.69) is 15.3 Å². The lowest BCUT2D eigenvalue weighted by atomic mass is 10.0. The lowest BCUT2D eigenvalue weighted by Gasteiger charge is -2.17. The van der Waals surface area contributed by atoms with Crippen molar-refractivity contribution in [3.8, 4) is 0 Å². The Morgan fingerprint density at radius 1 is 1.10 bits per heavy atom. The molecule has 0 saturated carbocycles. The molecule has 2 rings (SSSR count). The number of carboxylic acids is 1. The van der Waals surface area contributed by atoms with E-state index in [0.717, 1.165) is 24.2 Å². The number of aryl methyl sites for hydroxylation is 1. The number of nitrogens with zero attached hydrogens (tertiary/aromatic N) is 2. The van der Waals surface area contributed by atoms with Crippen molar-refractivity contribution in [2.75, 3.05) is 6.54 Å². The summed E-state index contributed by atoms with van der Waals surface area (Å²) in [4.78, 5) is 19.3. The minimum Gasteiger partial charge on any atom is -0.480 e. The second kappa shape index (κ2) is 8.11. The van der Waals surface area contributed by atoms with Gasteiger partial charge in [-0.3, -0.25) is 14.8 Å². The number of hydrogen-bond donors (Lipinski definition) is 2. The topological polar surface area (TPSA) is 75.1 Å². The molecule has 2 N–H and O–H groups in total. The molecule has 21 heavy (non-hydrogen) atoms. The van der Waals surface area contributed by atoms with E-state index in [4.69, 9.17) is 5.11 Å². The summed E-state index contributed by atoms with van der Waals surface area (Å²) >= 11 is 0. The number of rotatable bonds is 8. The third-order valence-electron chi connectivity index (χ3n) is 3.20. The molecule has 5 heteroatoms. The summed E-state index contributed by atoms with van der Waals surface area (Å²) < 4.78 is 0. The fraction of sp³-hybridized carbons (Fsp3) is 0.312. The minimum absolute atomic E-state index is 0.0419. The standard InChI is InChI=1S/C16H19N3O2/c20-16(21)12-19-15(11-14-6-2-4-10-18-14)8-7-13-5-1-3-9-17-13/h1-6,9-10,15,19H,7-8,11-12H2,(H,20,21). The maximum atomic E-state index is 10.7. The average Bonchev–Trinajstić information content (AvgIpc) is 2.52. The Balaban J connectivity index is 1.93. The van der Waals surface area contributed by atoms with Gasteiger partial charge < -0.3 is 10.4 Å². The maximum Gasteiger partial charge on any atom is 0.317 e. The van der Waals surface area contributed by atoms with E-state index < -0.39 is 5.97 Å². The molecule has 110 valence electrons. The van der Waals surface area contributed by atoms with Gasteiger partial charge in [-0.2, -0.15) is 0 Å². The van der Waals surface area contributed by atoms with Gasteiger partial charge in [0, 0.05) is 36.2 Å². The van der Waals surface area contributed by atoms with Crippen LogP contribution in [0.15, 0.2) is 48.8 Å². The number of carboxylic acid groups (broad SMARTS) is 1. The highest BCUT2D eigenvalue weighted by Crippen LogP contribution is 2.07. The van der Waals surface area contributed by atoms with E-state index in [1.54, 1.807) is 12.4 Å². The van der Waals surface area contributed by atoms with Gasteiger partial charge in [-0.25, -0.2) is 0 Å². The van der Waals surface area contributed by atoms with Crippen LogP contribution in [-0.2, 0) is 17.6 Å². The third kappa shape index (κ3) is 5.71. The van der Waals surface area contributed by atoms with Crippen molar-refractivity contribution >= 4 is 5.97 Å². The second-order valence-corrected chi connectivity index (χ2v) is 4.86. The Morgan fingerprint density at radius 2 is 1.76 bits per heavy atom. The predicted octanol–water partition coefficient (Wildman–Crippen LogP) is 1.69. The molecule has 0 aromatic carbocycles. The second-order valence-electron chi connectivity index (χ2n) is 4.86. The first-order chi connectivity index (χ1) is 10.2. The molecule has 0 bridgehead atoms. The highest BCUT2D eigenvalue weighted by Gasteiger charge is 2.12. The monoisotopic (exact) mass is 285 g/mol. The third-order valence-corrected chi connectivity index (χ3v) is 3.20. The Morgan fingerprint density at radius 3 is 2.33 bits per heavy atom. The molecule has 0 spiro atoms. The van der Waals surface area contributed by atoms with Gasteiger partial charge in [-0.1, -0.05) is 12.1 Å². The number of pyridine rings is 2. The van der Waals surface area contributed by atoms with Gasteiger partial charge in [-0.15, -0.1) is 0 Å². The Kier molecular flexibility index (Phi) is 5.84. The van der Waals surface area contributed by atoms with Gasteiger partial charge in [-0.05, 0) is 37.1 Å². The van der Waals surface area contributed by atoms with Gasteiger partial charge in [0.2, 0.25) is 0 Å². The van der Waals surface area contributed by atoms with Gasteiger partial charge in [0.15, 0.2) is 0 Å². The highest BCUT2D eigenvalue weighted by atomic mass is 16.4. The van der Waals surface area contributed by atoms with Crippen LogP contribution in [0.3, 0.4) is 0 Å². The zero-order valence-electron chi connectivity index (χ0n) is 11.8. The van der Waals surface area contributed by atoms with Crippen molar-refractivity contribution < 1.29 is 9.90 Å². The molecule has 0 radical (unpaired) electrons. The van der Waals surface area contributed by atoms with Gasteiger partial charge in [0.05, 0.1) is 6.54 Å². The van der Waals surface area contributed by atoms with Crippen LogP contribution in [0.25, 0.3) is 0 Å². The summed E-state index contributed by atoms with van der Waals surface area (Å²) in [5.41, 5.74) is 1.97. The zero-order valence-corrected chi connectivity index (χ0v) is 11.8. The summed E-state index contributed by atoms with van der Waals surface area (Å²) in [6, 6.07) is 11.7. The molecular formula is C16H19N3O2. The first kappa shape index (κ1) is 15.1. The molecule has 0 aliphatic heterocycles. The Labute approximate surface area is 124 Å². The molecule has 2 heterocycles. The van der Waals surface area contributed by atoms with Crippen molar-refractivity contribution in [1.29, 1.82) is 0 Å². The van der Waals surface area contributed by atoms with Crippen molar-refractivity contribution in [2.45, 2.75) is 25.3 Å². The van der Waals surface area contributed by atoms with E-state index >= 15 is 0 Å². The predicted molar refractivity (Wildman–Crippen MR) is 79.9 cm³/mol. The van der Waals surface area contributed by atoms with Crippen LogP contribution in [0.2, 0.25) is 0 Å². The Hall–Kier alpha value is -2.27. The van der Waals surface area contributed by atoms with Crippen molar-refractivity contribution in [3.05, 3.63) is 60.2 Å². The molecule has 0 saturated heterocycles.